The molecule has 2 rings (SSSR count). The second kappa shape index (κ2) is 5.71. The molecular weight excluding hydrogens is 250 g/mol. The van der Waals surface area contributed by atoms with E-state index in [4.69, 9.17) is 11.6 Å². The number of nitrogens with zero attached hydrogens (tertiary/aromatic N) is 3. The fourth-order valence-electron chi connectivity index (χ4n) is 1.84. The normalized spacial score (nSPS) is 16.7. The number of halogens is 1. The molecule has 1 aliphatic carbocycles. The highest BCUT2D eigenvalue weighted by Gasteiger charge is 2.28. The van der Waals surface area contributed by atoms with Crippen molar-refractivity contribution >= 4 is 23.4 Å². The number of aromatic nitrogens is 2. The summed E-state index contributed by atoms with van der Waals surface area (Å²) >= 11 is 6.06. The summed E-state index contributed by atoms with van der Waals surface area (Å²) in [5.74, 6) is 1.26. The first-order valence-electron chi connectivity index (χ1n) is 6.28. The van der Waals surface area contributed by atoms with E-state index < -0.39 is 0 Å². The molecule has 1 unspecified atom stereocenters. The van der Waals surface area contributed by atoms with E-state index in [9.17, 15) is 0 Å². The summed E-state index contributed by atoms with van der Waals surface area (Å²) in [6.07, 6.45) is 4.25. The number of nitrogens with one attached hydrogen (secondary N) is 2. The Labute approximate surface area is 113 Å². The van der Waals surface area contributed by atoms with Crippen LogP contribution in [0.4, 0.5) is 11.8 Å². The van der Waals surface area contributed by atoms with Crippen molar-refractivity contribution in [2.75, 3.05) is 31.3 Å². The van der Waals surface area contributed by atoms with Gasteiger partial charge in [0.05, 0.1) is 6.20 Å². The average molecular weight is 270 g/mol. The molecule has 1 saturated carbocycles. The molecule has 1 heterocycles. The van der Waals surface area contributed by atoms with Gasteiger partial charge in [-0.15, -0.1) is 0 Å². The smallest absolute Gasteiger partial charge is 0.224 e. The predicted molar refractivity (Wildman–Crippen MR) is 75.3 cm³/mol. The Hall–Kier alpha value is -1.07. The zero-order chi connectivity index (χ0) is 13.1. The molecule has 18 heavy (non-hydrogen) atoms. The van der Waals surface area contributed by atoms with E-state index in [1.165, 1.54) is 12.8 Å². The Balaban J connectivity index is 1.92. The Bertz CT molecular complexity index is 407. The van der Waals surface area contributed by atoms with Crippen LogP contribution in [0.3, 0.4) is 0 Å². The van der Waals surface area contributed by atoms with E-state index >= 15 is 0 Å². The SMILES string of the molecule is CNc1ncc(Cl)c(NCC(C)N(C)C2CC2)n1. The van der Waals surface area contributed by atoms with Crippen molar-refractivity contribution in [3.8, 4) is 0 Å². The van der Waals surface area contributed by atoms with Crippen LogP contribution in [-0.4, -0.2) is 47.6 Å². The zero-order valence-corrected chi connectivity index (χ0v) is 11.8. The first-order valence-corrected chi connectivity index (χ1v) is 6.65. The molecule has 0 amide bonds. The van der Waals surface area contributed by atoms with E-state index in [0.29, 0.717) is 22.8 Å². The number of likely N-dealkylation sites (N-methyl/N-ethyl adjacent to an activating group) is 1. The average Bonchev–Trinajstić information content (AvgIpc) is 3.20. The van der Waals surface area contributed by atoms with Crippen LogP contribution in [0.5, 0.6) is 0 Å². The van der Waals surface area contributed by atoms with Crippen molar-refractivity contribution in [1.82, 2.24) is 14.9 Å². The lowest BCUT2D eigenvalue weighted by Gasteiger charge is -2.25. The molecule has 1 aromatic rings. The molecule has 0 saturated heterocycles. The molecule has 0 bridgehead atoms. The molecular formula is C12H20ClN5. The van der Waals surface area contributed by atoms with Crippen LogP contribution in [0.2, 0.25) is 5.02 Å². The van der Waals surface area contributed by atoms with Crippen molar-refractivity contribution in [3.05, 3.63) is 11.2 Å². The third kappa shape index (κ3) is 3.23. The first-order chi connectivity index (χ1) is 8.61. The third-order valence-corrected chi connectivity index (χ3v) is 3.63. The van der Waals surface area contributed by atoms with Gasteiger partial charge in [0, 0.05) is 25.7 Å². The molecule has 100 valence electrons. The molecule has 2 N–H and O–H groups in total. The summed E-state index contributed by atoms with van der Waals surface area (Å²) in [7, 11) is 3.96. The highest BCUT2D eigenvalue weighted by atomic mass is 35.5. The largest absolute Gasteiger partial charge is 0.367 e. The van der Waals surface area contributed by atoms with Gasteiger partial charge in [-0.1, -0.05) is 11.6 Å². The van der Waals surface area contributed by atoms with Gasteiger partial charge in [0.15, 0.2) is 5.82 Å². The molecule has 0 aromatic carbocycles. The Morgan fingerprint density at radius 1 is 1.56 bits per heavy atom. The van der Waals surface area contributed by atoms with Crippen LogP contribution < -0.4 is 10.6 Å². The molecule has 0 aliphatic heterocycles. The summed E-state index contributed by atoms with van der Waals surface area (Å²) in [6.45, 7) is 3.03. The maximum absolute atomic E-state index is 6.06. The lowest BCUT2D eigenvalue weighted by atomic mass is 10.3. The number of hydrogen-bond acceptors (Lipinski definition) is 5. The lowest BCUT2D eigenvalue weighted by molar-refractivity contribution is 0.257. The van der Waals surface area contributed by atoms with Crippen LogP contribution in [0.1, 0.15) is 19.8 Å². The van der Waals surface area contributed by atoms with Crippen molar-refractivity contribution in [2.45, 2.75) is 31.8 Å². The van der Waals surface area contributed by atoms with Crippen LogP contribution in [0, 0.1) is 0 Å². The van der Waals surface area contributed by atoms with Gasteiger partial charge in [0.2, 0.25) is 5.95 Å². The summed E-state index contributed by atoms with van der Waals surface area (Å²) in [5, 5.41) is 6.74. The molecule has 0 radical (unpaired) electrons. The monoisotopic (exact) mass is 269 g/mol. The number of anilines is 2. The van der Waals surface area contributed by atoms with Gasteiger partial charge >= 0.3 is 0 Å². The summed E-state index contributed by atoms with van der Waals surface area (Å²) < 4.78 is 0. The highest BCUT2D eigenvalue weighted by Crippen LogP contribution is 2.27. The van der Waals surface area contributed by atoms with E-state index in [0.717, 1.165) is 12.6 Å². The van der Waals surface area contributed by atoms with Crippen LogP contribution in [-0.2, 0) is 0 Å². The number of rotatable bonds is 6. The quantitative estimate of drug-likeness (QED) is 0.828. The Kier molecular flexibility index (Phi) is 4.24. The summed E-state index contributed by atoms with van der Waals surface area (Å²) in [4.78, 5) is 10.8. The first kappa shape index (κ1) is 13.4. The minimum Gasteiger partial charge on any atom is -0.367 e. The van der Waals surface area contributed by atoms with Crippen molar-refractivity contribution < 1.29 is 0 Å². The minimum absolute atomic E-state index is 0.460. The van der Waals surface area contributed by atoms with E-state index in [2.05, 4.69) is 39.5 Å². The molecule has 1 fully saturated rings. The van der Waals surface area contributed by atoms with E-state index in [1.54, 1.807) is 13.2 Å². The van der Waals surface area contributed by atoms with E-state index in [-0.39, 0.29) is 0 Å². The summed E-state index contributed by atoms with van der Waals surface area (Å²) in [6, 6.07) is 1.22. The molecule has 1 atom stereocenters. The lowest BCUT2D eigenvalue weighted by Crippen LogP contribution is -2.36. The highest BCUT2D eigenvalue weighted by molar-refractivity contribution is 6.32. The van der Waals surface area contributed by atoms with Crippen LogP contribution >= 0.6 is 11.6 Å². The summed E-state index contributed by atoms with van der Waals surface area (Å²) in [5.41, 5.74) is 0. The Morgan fingerprint density at radius 2 is 2.28 bits per heavy atom. The predicted octanol–water partition coefficient (Wildman–Crippen LogP) is 2.07. The van der Waals surface area contributed by atoms with Gasteiger partial charge in [-0.25, -0.2) is 4.98 Å². The fourth-order valence-corrected chi connectivity index (χ4v) is 2.00. The van der Waals surface area contributed by atoms with Crippen LogP contribution in [0.25, 0.3) is 0 Å². The maximum atomic E-state index is 6.06. The topological polar surface area (TPSA) is 53.1 Å². The van der Waals surface area contributed by atoms with Gasteiger partial charge < -0.3 is 10.6 Å². The second-order valence-corrected chi connectivity index (χ2v) is 5.17. The second-order valence-electron chi connectivity index (χ2n) is 4.77. The standard InChI is InChI=1S/C12H20ClN5/c1-8(18(3)9-4-5-9)6-15-11-10(13)7-16-12(14-2)17-11/h7-9H,4-6H2,1-3H3,(H2,14,15,16,17). The number of hydrogen-bond donors (Lipinski definition) is 2. The molecule has 6 heteroatoms. The maximum Gasteiger partial charge on any atom is 0.224 e. The Morgan fingerprint density at radius 3 is 2.89 bits per heavy atom. The molecule has 5 nitrogen and oxygen atoms in total. The van der Waals surface area contributed by atoms with Gasteiger partial charge in [0.1, 0.15) is 5.02 Å². The molecule has 1 aromatic heterocycles. The van der Waals surface area contributed by atoms with Gasteiger partial charge in [-0.3, -0.25) is 4.90 Å². The molecule has 1 aliphatic rings. The minimum atomic E-state index is 0.460. The van der Waals surface area contributed by atoms with Crippen molar-refractivity contribution in [3.63, 3.8) is 0 Å². The zero-order valence-electron chi connectivity index (χ0n) is 11.1. The molecule has 0 spiro atoms. The van der Waals surface area contributed by atoms with Gasteiger partial charge in [0.25, 0.3) is 0 Å². The van der Waals surface area contributed by atoms with Crippen LogP contribution in [0.15, 0.2) is 6.20 Å². The fraction of sp³-hybridized carbons (Fsp3) is 0.667. The van der Waals surface area contributed by atoms with Crippen molar-refractivity contribution in [1.29, 1.82) is 0 Å². The van der Waals surface area contributed by atoms with Gasteiger partial charge in [-0.2, -0.15) is 4.98 Å². The van der Waals surface area contributed by atoms with Crippen molar-refractivity contribution in [2.24, 2.45) is 0 Å². The third-order valence-electron chi connectivity index (χ3n) is 3.35. The van der Waals surface area contributed by atoms with E-state index in [1.807, 2.05) is 0 Å². The van der Waals surface area contributed by atoms with Gasteiger partial charge in [-0.05, 0) is 26.8 Å².